The lowest BCUT2D eigenvalue weighted by atomic mass is 9.87. The van der Waals surface area contributed by atoms with Crippen molar-refractivity contribution in [3.63, 3.8) is 0 Å². The lowest BCUT2D eigenvalue weighted by molar-refractivity contribution is -0.141. The van der Waals surface area contributed by atoms with Crippen LogP contribution in [0.15, 0.2) is 70.3 Å². The van der Waals surface area contributed by atoms with Crippen LogP contribution in [0.5, 0.6) is 5.88 Å². The molecule has 8 rings (SSSR count). The second-order valence-electron chi connectivity index (χ2n) is 18.8. The van der Waals surface area contributed by atoms with Gasteiger partial charge in [0.15, 0.2) is 11.4 Å². The highest BCUT2D eigenvalue weighted by molar-refractivity contribution is 7.91. The summed E-state index contributed by atoms with van der Waals surface area (Å²) in [4.78, 5) is 67.5. The normalized spacial score (nSPS) is 23.7. The number of nitrogens with one attached hydrogen (secondary N) is 3. The molecule has 4 amide bonds. The maximum Gasteiger partial charge on any atom is 0.408 e. The van der Waals surface area contributed by atoms with Crippen LogP contribution in [0, 0.1) is 0 Å². The van der Waals surface area contributed by atoms with Crippen LogP contribution in [0.2, 0.25) is 0 Å². The zero-order valence-corrected chi connectivity index (χ0v) is 36.8. The van der Waals surface area contributed by atoms with Crippen LogP contribution in [0.1, 0.15) is 105 Å². The van der Waals surface area contributed by atoms with Gasteiger partial charge in [-0.05, 0) is 82.1 Å². The fourth-order valence-corrected chi connectivity index (χ4v) is 9.42. The van der Waals surface area contributed by atoms with Gasteiger partial charge >= 0.3 is 6.09 Å². The van der Waals surface area contributed by atoms with E-state index in [1.54, 1.807) is 26.8 Å². The minimum Gasteiger partial charge on any atom is -0.470 e. The quantitative estimate of drug-likeness (QED) is 0.172. The number of rotatable bonds is 7. The molecule has 4 heterocycles. The highest BCUT2D eigenvalue weighted by Crippen LogP contribution is 2.44. The van der Waals surface area contributed by atoms with Crippen molar-refractivity contribution in [2.45, 2.75) is 139 Å². The fraction of sp³-hybridized carbons (Fsp3) is 0.500. The first-order valence-electron chi connectivity index (χ1n) is 21.4. The van der Waals surface area contributed by atoms with Gasteiger partial charge in [0.1, 0.15) is 34.9 Å². The molecule has 0 unspecified atom stereocenters. The monoisotopic (exact) mass is 866 g/mol. The maximum atomic E-state index is 14.7. The molecule has 0 spiro atoms. The Morgan fingerprint density at radius 1 is 0.968 bits per heavy atom. The van der Waals surface area contributed by atoms with Crippen molar-refractivity contribution >= 4 is 55.9 Å². The lowest BCUT2D eigenvalue weighted by Gasteiger charge is -2.30. The zero-order chi connectivity index (χ0) is 44.2. The molecule has 15 nitrogen and oxygen atoms in total. The molecule has 62 heavy (non-hydrogen) atoms. The molecule has 16 heteroatoms. The van der Waals surface area contributed by atoms with Gasteiger partial charge in [-0.3, -0.25) is 19.1 Å². The minimum absolute atomic E-state index is 0.0367. The van der Waals surface area contributed by atoms with Crippen LogP contribution >= 0.6 is 0 Å². The molecule has 2 saturated carbocycles. The van der Waals surface area contributed by atoms with Crippen LogP contribution in [0.3, 0.4) is 0 Å². The van der Waals surface area contributed by atoms with Gasteiger partial charge in [-0.15, -0.1) is 5.73 Å². The molecule has 2 aromatic carbocycles. The number of alkyl carbamates (subject to hydrolysis) is 1. The van der Waals surface area contributed by atoms with E-state index in [1.165, 1.54) is 4.90 Å². The van der Waals surface area contributed by atoms with Crippen LogP contribution in [-0.2, 0) is 34.6 Å². The van der Waals surface area contributed by atoms with Crippen molar-refractivity contribution in [2.75, 3.05) is 6.54 Å². The molecule has 4 aromatic rings. The van der Waals surface area contributed by atoms with Crippen molar-refractivity contribution in [1.82, 2.24) is 30.2 Å². The Morgan fingerprint density at radius 3 is 2.42 bits per heavy atom. The van der Waals surface area contributed by atoms with Gasteiger partial charge in [-0.2, -0.15) is 4.98 Å². The highest BCUT2D eigenvalue weighted by atomic mass is 32.2. The molecule has 328 valence electrons. The number of carbonyl (C=O) groups is 4. The van der Waals surface area contributed by atoms with E-state index >= 15 is 0 Å². The Bertz CT molecular complexity index is 2620. The van der Waals surface area contributed by atoms with E-state index in [4.69, 9.17) is 23.9 Å². The van der Waals surface area contributed by atoms with E-state index in [0.29, 0.717) is 54.6 Å². The predicted octanol–water partition coefficient (Wildman–Crippen LogP) is 6.49. The van der Waals surface area contributed by atoms with Gasteiger partial charge in [0, 0.05) is 29.4 Å². The summed E-state index contributed by atoms with van der Waals surface area (Å²) in [6.07, 6.45) is 3.99. The SMILES string of the molecule is CC(C)(C)OC(=O)N[C@H]1CCCCCC=C=C2C[C@@]2(C(=O)NS(=O)(=O)C2CC2)NC(=O)[C@@H]2C[C@@H](Oc3nc(-c4ccc(C(C)(C)C)cc4)nc4c3oc3ccccc34)CN2C1=O. The molecule has 4 aliphatic rings. The number of para-hydroxylation sites is 1. The standard InChI is InChI=1S/C46H54N6O9S/c1-44(2,3)28-20-18-27(19-21-28)38-48-36-32-15-12-13-17-35(32)60-37(36)40(49-38)59-30-24-34-39(53)50-46(42(55)51-62(57,58)31-22-23-31)25-29(46)14-10-8-7-9-11-16-33(41(54)52(34)26-30)47-43(56)61-45(4,5)6/h10,12-13,15,17-21,30-31,33-34H,7-9,11,16,22-26H2,1-6H3,(H,47,56)(H,50,53)(H,51,55)/t14?,30-,33+,34+,46-/m1/s1. The predicted molar refractivity (Wildman–Crippen MR) is 231 cm³/mol. The number of furan rings is 1. The van der Waals surface area contributed by atoms with E-state index < -0.39 is 68.4 Å². The molecule has 2 aliphatic heterocycles. The first-order valence-corrected chi connectivity index (χ1v) is 23.0. The number of benzene rings is 2. The number of hydrogen-bond acceptors (Lipinski definition) is 11. The Kier molecular flexibility index (Phi) is 11.2. The average Bonchev–Trinajstić information content (AvgIpc) is 4.10. The van der Waals surface area contributed by atoms with Gasteiger partial charge in [0.05, 0.1) is 11.8 Å². The molecule has 3 N–H and O–H groups in total. The average molecular weight is 867 g/mol. The third-order valence-corrected chi connectivity index (χ3v) is 13.5. The van der Waals surface area contributed by atoms with Crippen LogP contribution in [0.25, 0.3) is 33.5 Å². The summed E-state index contributed by atoms with van der Waals surface area (Å²) < 4.78 is 46.6. The third kappa shape index (κ3) is 9.07. The van der Waals surface area contributed by atoms with Crippen molar-refractivity contribution in [3.05, 3.63) is 71.5 Å². The zero-order valence-electron chi connectivity index (χ0n) is 36.0. The summed E-state index contributed by atoms with van der Waals surface area (Å²) in [5.41, 5.74) is 4.26. The Balaban J connectivity index is 1.16. The number of hydrogen-bond donors (Lipinski definition) is 3. The number of fused-ring (bicyclic) bond motifs is 5. The number of nitrogens with zero attached hydrogens (tertiary/aromatic N) is 3. The van der Waals surface area contributed by atoms with Gasteiger partial charge < -0.3 is 29.4 Å². The van der Waals surface area contributed by atoms with Crippen molar-refractivity contribution in [3.8, 4) is 17.3 Å². The largest absolute Gasteiger partial charge is 0.470 e. The van der Waals surface area contributed by atoms with Crippen molar-refractivity contribution in [2.24, 2.45) is 0 Å². The molecular weight excluding hydrogens is 813 g/mol. The fourth-order valence-electron chi connectivity index (χ4n) is 8.06. The summed E-state index contributed by atoms with van der Waals surface area (Å²) >= 11 is 0. The second-order valence-corrected chi connectivity index (χ2v) is 20.8. The molecule has 2 aliphatic carbocycles. The third-order valence-electron chi connectivity index (χ3n) is 11.7. The van der Waals surface area contributed by atoms with E-state index in [1.807, 2.05) is 48.5 Å². The minimum atomic E-state index is -3.95. The number of carbonyl (C=O) groups excluding carboxylic acids is 4. The summed E-state index contributed by atoms with van der Waals surface area (Å²) in [5.74, 6) is -1.60. The first-order chi connectivity index (χ1) is 29.3. The molecule has 4 atom stereocenters. The molecule has 0 bridgehead atoms. The van der Waals surface area contributed by atoms with Gasteiger partial charge in [0.25, 0.3) is 11.8 Å². The summed E-state index contributed by atoms with van der Waals surface area (Å²) in [6, 6.07) is 13.2. The summed E-state index contributed by atoms with van der Waals surface area (Å²) in [7, 11) is -3.95. The molecule has 3 fully saturated rings. The second kappa shape index (κ2) is 16.2. The molecular formula is C46H54N6O9S. The van der Waals surface area contributed by atoms with Crippen molar-refractivity contribution in [1.29, 1.82) is 0 Å². The van der Waals surface area contributed by atoms with Gasteiger partial charge in [-0.1, -0.05) is 70.0 Å². The smallest absolute Gasteiger partial charge is 0.408 e. The maximum absolute atomic E-state index is 14.7. The lowest BCUT2D eigenvalue weighted by Crippen LogP contribution is -2.58. The number of aromatic nitrogens is 2. The van der Waals surface area contributed by atoms with E-state index in [9.17, 15) is 27.6 Å². The highest BCUT2D eigenvalue weighted by Gasteiger charge is 2.60. The Hall–Kier alpha value is -5.73. The van der Waals surface area contributed by atoms with E-state index in [0.717, 1.165) is 22.9 Å². The molecule has 1 saturated heterocycles. The first kappa shape index (κ1) is 42.9. The number of sulfonamides is 1. The van der Waals surface area contributed by atoms with Gasteiger partial charge in [0.2, 0.25) is 27.4 Å². The summed E-state index contributed by atoms with van der Waals surface area (Å²) in [5, 5.41) is 5.68. The van der Waals surface area contributed by atoms with Crippen LogP contribution < -0.4 is 20.1 Å². The molecule has 0 radical (unpaired) electrons. The Labute approximate surface area is 361 Å². The van der Waals surface area contributed by atoms with E-state index in [2.05, 4.69) is 41.9 Å². The number of amides is 4. The molecule has 2 aromatic heterocycles. The Morgan fingerprint density at radius 2 is 1.71 bits per heavy atom. The van der Waals surface area contributed by atoms with E-state index in [-0.39, 0.29) is 42.7 Å². The van der Waals surface area contributed by atoms with Crippen molar-refractivity contribution < 1.29 is 41.5 Å². The van der Waals surface area contributed by atoms with Crippen LogP contribution in [-0.4, -0.2) is 88.2 Å². The van der Waals surface area contributed by atoms with Crippen LogP contribution in [0.4, 0.5) is 4.79 Å². The van der Waals surface area contributed by atoms with Gasteiger partial charge in [-0.25, -0.2) is 18.2 Å². The topological polar surface area (TPSA) is 199 Å². The summed E-state index contributed by atoms with van der Waals surface area (Å²) in [6.45, 7) is 11.5. The number of ether oxygens (including phenoxy) is 2.